The van der Waals surface area contributed by atoms with Gasteiger partial charge < -0.3 is 4.90 Å². The molecule has 0 atom stereocenters. The maximum Gasteiger partial charge on any atom is 0.141 e. The fourth-order valence-corrected chi connectivity index (χ4v) is 2.91. The Kier molecular flexibility index (Phi) is 3.29. The average molecular weight is 309 g/mol. The molecule has 1 aliphatic heterocycles. The van der Waals surface area contributed by atoms with Crippen molar-refractivity contribution in [3.8, 4) is 11.4 Å². The Morgan fingerprint density at radius 3 is 2.78 bits per heavy atom. The summed E-state index contributed by atoms with van der Waals surface area (Å²) in [7, 11) is 0. The second-order valence-corrected chi connectivity index (χ2v) is 5.69. The van der Waals surface area contributed by atoms with Crippen molar-refractivity contribution in [2.45, 2.75) is 20.0 Å². The first kappa shape index (κ1) is 13.9. The molecular formula is C17H16FN5. The lowest BCUT2D eigenvalue weighted by Gasteiger charge is -2.30. The van der Waals surface area contributed by atoms with E-state index >= 15 is 0 Å². The summed E-state index contributed by atoms with van der Waals surface area (Å²) in [6.45, 7) is 4.57. The molecular weight excluding hydrogens is 293 g/mol. The van der Waals surface area contributed by atoms with Gasteiger partial charge in [-0.2, -0.15) is 5.10 Å². The molecule has 6 heteroatoms. The van der Waals surface area contributed by atoms with E-state index in [-0.39, 0.29) is 5.82 Å². The lowest BCUT2D eigenvalue weighted by atomic mass is 10.2. The average Bonchev–Trinajstić information content (AvgIpc) is 2.99. The predicted molar refractivity (Wildman–Crippen MR) is 85.4 cm³/mol. The summed E-state index contributed by atoms with van der Waals surface area (Å²) < 4.78 is 15.0. The van der Waals surface area contributed by atoms with E-state index in [0.717, 1.165) is 36.7 Å². The third-order valence-electron chi connectivity index (χ3n) is 4.14. The van der Waals surface area contributed by atoms with E-state index in [4.69, 9.17) is 0 Å². The zero-order valence-corrected chi connectivity index (χ0v) is 12.8. The van der Waals surface area contributed by atoms with Gasteiger partial charge in [-0.05, 0) is 36.8 Å². The zero-order valence-electron chi connectivity index (χ0n) is 12.8. The number of hydrogen-bond donors (Lipinski definition) is 0. The molecule has 0 unspecified atom stereocenters. The summed E-state index contributed by atoms with van der Waals surface area (Å²) in [5.41, 5.74) is 4.97. The van der Waals surface area contributed by atoms with Crippen molar-refractivity contribution >= 4 is 5.69 Å². The number of pyridine rings is 2. The van der Waals surface area contributed by atoms with Crippen molar-refractivity contribution in [2.24, 2.45) is 0 Å². The van der Waals surface area contributed by atoms with E-state index in [0.29, 0.717) is 5.69 Å². The molecule has 4 rings (SSSR count). The molecule has 0 bridgehead atoms. The molecule has 116 valence electrons. The fraction of sp³-hybridized carbons (Fsp3) is 0.235. The molecule has 0 amide bonds. The second-order valence-electron chi connectivity index (χ2n) is 5.69. The number of aryl methyl sites for hydroxylation is 1. The topological polar surface area (TPSA) is 46.8 Å². The zero-order chi connectivity index (χ0) is 15.8. The van der Waals surface area contributed by atoms with Gasteiger partial charge in [-0.25, -0.2) is 4.39 Å². The maximum atomic E-state index is 13.0. The van der Waals surface area contributed by atoms with E-state index in [2.05, 4.69) is 26.9 Å². The number of halogens is 1. The van der Waals surface area contributed by atoms with Crippen LogP contribution in [0.4, 0.5) is 10.1 Å². The number of nitrogens with zero attached hydrogens (tertiary/aromatic N) is 5. The van der Waals surface area contributed by atoms with E-state index < -0.39 is 0 Å². The Balaban J connectivity index is 1.63. The van der Waals surface area contributed by atoms with Gasteiger partial charge in [0.05, 0.1) is 42.6 Å². The highest BCUT2D eigenvalue weighted by atomic mass is 19.1. The van der Waals surface area contributed by atoms with E-state index in [9.17, 15) is 4.39 Å². The first-order valence-corrected chi connectivity index (χ1v) is 7.55. The van der Waals surface area contributed by atoms with Gasteiger partial charge >= 0.3 is 0 Å². The molecule has 0 saturated carbocycles. The van der Waals surface area contributed by atoms with E-state index in [1.807, 2.05) is 29.2 Å². The lowest BCUT2D eigenvalue weighted by Crippen LogP contribution is -2.34. The molecule has 0 saturated heterocycles. The van der Waals surface area contributed by atoms with Crippen LogP contribution in [0.5, 0.6) is 0 Å². The fourth-order valence-electron chi connectivity index (χ4n) is 2.91. The van der Waals surface area contributed by atoms with E-state index in [1.165, 1.54) is 17.8 Å². The quantitative estimate of drug-likeness (QED) is 0.730. The van der Waals surface area contributed by atoms with Crippen LogP contribution in [0, 0.1) is 12.7 Å². The summed E-state index contributed by atoms with van der Waals surface area (Å²) in [5.74, 6) is -0.337. The van der Waals surface area contributed by atoms with Crippen LogP contribution in [0.3, 0.4) is 0 Å². The summed E-state index contributed by atoms with van der Waals surface area (Å²) in [6.07, 6.45) is 4.94. The molecule has 0 N–H and O–H groups in total. The molecule has 23 heavy (non-hydrogen) atoms. The first-order chi connectivity index (χ1) is 11.2. The molecule has 3 aromatic rings. The third-order valence-corrected chi connectivity index (χ3v) is 4.14. The second kappa shape index (κ2) is 5.46. The van der Waals surface area contributed by atoms with Gasteiger partial charge in [0.15, 0.2) is 0 Å². The van der Waals surface area contributed by atoms with Gasteiger partial charge in [-0.1, -0.05) is 0 Å². The van der Waals surface area contributed by atoms with Crippen LogP contribution in [-0.2, 0) is 13.1 Å². The van der Waals surface area contributed by atoms with Gasteiger partial charge in [0, 0.05) is 12.7 Å². The van der Waals surface area contributed by atoms with Crippen molar-refractivity contribution in [1.29, 1.82) is 0 Å². The molecule has 0 fully saturated rings. The van der Waals surface area contributed by atoms with Crippen LogP contribution < -0.4 is 4.90 Å². The summed E-state index contributed by atoms with van der Waals surface area (Å²) in [4.78, 5) is 10.6. The lowest BCUT2D eigenvalue weighted by molar-refractivity contribution is 0.520. The Morgan fingerprint density at radius 2 is 2.00 bits per heavy atom. The van der Waals surface area contributed by atoms with Crippen molar-refractivity contribution in [2.75, 3.05) is 11.4 Å². The number of hydrogen-bond acceptors (Lipinski definition) is 4. The minimum atomic E-state index is -0.337. The minimum absolute atomic E-state index is 0.337. The molecule has 5 nitrogen and oxygen atoms in total. The van der Waals surface area contributed by atoms with Crippen LogP contribution in [0.25, 0.3) is 11.4 Å². The van der Waals surface area contributed by atoms with Crippen LogP contribution in [0.2, 0.25) is 0 Å². The van der Waals surface area contributed by atoms with Gasteiger partial charge in [0.2, 0.25) is 0 Å². The summed E-state index contributed by atoms with van der Waals surface area (Å²) in [5, 5.41) is 4.59. The molecule has 3 aromatic heterocycles. The summed E-state index contributed by atoms with van der Waals surface area (Å²) in [6, 6.07) is 7.12. The van der Waals surface area contributed by atoms with Gasteiger partial charge in [0.1, 0.15) is 11.5 Å². The van der Waals surface area contributed by atoms with Crippen molar-refractivity contribution in [3.05, 3.63) is 59.9 Å². The molecule has 0 spiro atoms. The standard InChI is InChI=1S/C17H16FN5/c1-12-4-5-19-10-17(12)22-6-7-23-14(11-22)8-16(21-23)15-3-2-13(18)9-20-15/h2-5,8-10H,6-7,11H2,1H3. The first-order valence-electron chi connectivity index (χ1n) is 7.55. The van der Waals surface area contributed by atoms with Crippen molar-refractivity contribution in [1.82, 2.24) is 19.7 Å². The smallest absolute Gasteiger partial charge is 0.141 e. The van der Waals surface area contributed by atoms with Crippen molar-refractivity contribution < 1.29 is 4.39 Å². The predicted octanol–water partition coefficient (Wildman–Crippen LogP) is 2.81. The molecule has 0 radical (unpaired) electrons. The minimum Gasteiger partial charge on any atom is -0.362 e. The summed E-state index contributed by atoms with van der Waals surface area (Å²) >= 11 is 0. The SMILES string of the molecule is Cc1ccncc1N1CCn2nc(-c3ccc(F)cn3)cc2C1. The van der Waals surface area contributed by atoms with Crippen LogP contribution in [-0.4, -0.2) is 26.3 Å². The number of fused-ring (bicyclic) bond motifs is 1. The van der Waals surface area contributed by atoms with Gasteiger partial charge in [-0.15, -0.1) is 0 Å². The Morgan fingerprint density at radius 1 is 1.09 bits per heavy atom. The van der Waals surface area contributed by atoms with Crippen LogP contribution in [0.1, 0.15) is 11.3 Å². The van der Waals surface area contributed by atoms with Gasteiger partial charge in [0.25, 0.3) is 0 Å². The number of rotatable bonds is 2. The molecule has 1 aliphatic rings. The third kappa shape index (κ3) is 2.56. The van der Waals surface area contributed by atoms with Crippen molar-refractivity contribution in [3.63, 3.8) is 0 Å². The Hall–Kier alpha value is -2.76. The highest BCUT2D eigenvalue weighted by Gasteiger charge is 2.20. The van der Waals surface area contributed by atoms with Crippen LogP contribution in [0.15, 0.2) is 42.9 Å². The number of aromatic nitrogens is 4. The highest BCUT2D eigenvalue weighted by molar-refractivity contribution is 5.56. The van der Waals surface area contributed by atoms with Crippen LogP contribution >= 0.6 is 0 Å². The van der Waals surface area contributed by atoms with E-state index in [1.54, 1.807) is 6.07 Å². The normalized spacial score (nSPS) is 13.9. The molecule has 0 aromatic carbocycles. The molecule has 4 heterocycles. The Bertz CT molecular complexity index is 840. The largest absolute Gasteiger partial charge is 0.362 e. The maximum absolute atomic E-state index is 13.0. The Labute approximate surface area is 133 Å². The molecule has 0 aliphatic carbocycles. The van der Waals surface area contributed by atoms with Gasteiger partial charge in [-0.3, -0.25) is 14.6 Å². The monoisotopic (exact) mass is 309 g/mol. The number of anilines is 1. The highest BCUT2D eigenvalue weighted by Crippen LogP contribution is 2.25.